The molecule has 4 nitrogen and oxygen atoms in total. The summed E-state index contributed by atoms with van der Waals surface area (Å²) in [6, 6.07) is 18.9. The number of aliphatic hydroxyl groups excluding tert-OH is 1. The van der Waals surface area contributed by atoms with Gasteiger partial charge >= 0.3 is 0 Å². The Bertz CT molecular complexity index is 784. The van der Waals surface area contributed by atoms with Crippen molar-refractivity contribution in [1.82, 2.24) is 4.90 Å². The zero-order chi connectivity index (χ0) is 19.3. The van der Waals surface area contributed by atoms with E-state index in [1.165, 1.54) is 11.1 Å². The number of para-hydroxylation sites is 1. The fourth-order valence-corrected chi connectivity index (χ4v) is 4.70. The van der Waals surface area contributed by atoms with Crippen molar-refractivity contribution in [2.75, 3.05) is 31.1 Å². The summed E-state index contributed by atoms with van der Waals surface area (Å²) in [7, 11) is 0. The molecule has 2 heterocycles. The van der Waals surface area contributed by atoms with E-state index in [1.807, 2.05) is 17.0 Å². The molecule has 0 spiro atoms. The lowest BCUT2D eigenvalue weighted by atomic mass is 9.88. The van der Waals surface area contributed by atoms with Gasteiger partial charge in [0.25, 0.3) is 0 Å². The van der Waals surface area contributed by atoms with Crippen molar-refractivity contribution in [3.63, 3.8) is 0 Å². The van der Waals surface area contributed by atoms with Gasteiger partial charge in [-0.15, -0.1) is 0 Å². The van der Waals surface area contributed by atoms with Crippen LogP contribution in [-0.4, -0.2) is 48.2 Å². The Morgan fingerprint density at radius 2 is 1.68 bits per heavy atom. The van der Waals surface area contributed by atoms with Crippen molar-refractivity contribution in [3.8, 4) is 0 Å². The highest BCUT2D eigenvalue weighted by molar-refractivity contribution is 6.00. The molecule has 2 aromatic rings. The lowest BCUT2D eigenvalue weighted by molar-refractivity contribution is -0.125. The van der Waals surface area contributed by atoms with E-state index in [4.69, 9.17) is 0 Å². The molecule has 0 aromatic heterocycles. The first-order valence-electron chi connectivity index (χ1n) is 10.5. The van der Waals surface area contributed by atoms with E-state index >= 15 is 0 Å². The number of likely N-dealkylation sites (tertiary alicyclic amines) is 1. The summed E-state index contributed by atoms with van der Waals surface area (Å²) in [5, 5.41) is 9.25. The highest BCUT2D eigenvalue weighted by Crippen LogP contribution is 2.32. The first-order valence-corrected chi connectivity index (χ1v) is 10.5. The van der Waals surface area contributed by atoms with Crippen LogP contribution in [0.3, 0.4) is 0 Å². The number of fused-ring (bicyclic) bond motifs is 1. The maximum atomic E-state index is 13.3. The van der Waals surface area contributed by atoms with E-state index in [1.54, 1.807) is 0 Å². The molecular weight excluding hydrogens is 348 g/mol. The van der Waals surface area contributed by atoms with Gasteiger partial charge in [-0.05, 0) is 68.3 Å². The van der Waals surface area contributed by atoms with Gasteiger partial charge in [0, 0.05) is 18.8 Å². The standard InChI is InChI=1S/C24H30N2O2/c27-16-6-13-26-22-10-5-4-9-21(22)18-23(24(26)28)25-14-11-20(12-15-25)17-19-7-2-1-3-8-19/h1-5,7-10,20,23,27H,6,11-18H2. The zero-order valence-electron chi connectivity index (χ0n) is 16.5. The largest absolute Gasteiger partial charge is 0.396 e. The van der Waals surface area contributed by atoms with Gasteiger partial charge in [0.1, 0.15) is 0 Å². The first kappa shape index (κ1) is 19.2. The topological polar surface area (TPSA) is 43.8 Å². The Morgan fingerprint density at radius 1 is 0.964 bits per heavy atom. The summed E-state index contributed by atoms with van der Waals surface area (Å²) in [5.74, 6) is 0.906. The smallest absolute Gasteiger partial charge is 0.244 e. The molecular formula is C24H30N2O2. The number of carbonyl (C=O) groups excluding carboxylic acids is 1. The molecule has 28 heavy (non-hydrogen) atoms. The first-order chi connectivity index (χ1) is 13.8. The molecule has 0 aliphatic carbocycles. The predicted molar refractivity (Wildman–Crippen MR) is 112 cm³/mol. The molecule has 1 amide bonds. The summed E-state index contributed by atoms with van der Waals surface area (Å²) in [5.41, 5.74) is 3.69. The van der Waals surface area contributed by atoms with Gasteiger partial charge in [0.2, 0.25) is 5.91 Å². The van der Waals surface area contributed by atoms with Gasteiger partial charge in [-0.3, -0.25) is 9.69 Å². The van der Waals surface area contributed by atoms with Crippen LogP contribution >= 0.6 is 0 Å². The minimum absolute atomic E-state index is 0.0636. The SMILES string of the molecule is O=C1C(N2CCC(Cc3ccccc3)CC2)Cc2ccccc2N1CCCO. The highest BCUT2D eigenvalue weighted by Gasteiger charge is 2.37. The molecule has 2 aliphatic rings. The fraction of sp³-hybridized carbons (Fsp3) is 0.458. The van der Waals surface area contributed by atoms with Crippen LogP contribution in [0.4, 0.5) is 5.69 Å². The number of benzene rings is 2. The van der Waals surface area contributed by atoms with Crippen LogP contribution < -0.4 is 4.90 Å². The molecule has 148 valence electrons. The Hall–Kier alpha value is -2.17. The van der Waals surface area contributed by atoms with Crippen LogP contribution in [0, 0.1) is 5.92 Å². The number of aliphatic hydroxyl groups is 1. The average molecular weight is 379 g/mol. The molecule has 2 aromatic carbocycles. The third kappa shape index (κ3) is 4.13. The number of carbonyl (C=O) groups is 1. The van der Waals surface area contributed by atoms with Crippen LogP contribution in [0.2, 0.25) is 0 Å². The number of hydrogen-bond donors (Lipinski definition) is 1. The zero-order valence-corrected chi connectivity index (χ0v) is 16.5. The number of nitrogens with zero attached hydrogens (tertiary/aromatic N) is 2. The number of piperidine rings is 1. The van der Waals surface area contributed by atoms with Crippen LogP contribution in [-0.2, 0) is 17.6 Å². The number of amides is 1. The Morgan fingerprint density at radius 3 is 2.43 bits per heavy atom. The van der Waals surface area contributed by atoms with Crippen LogP contribution in [0.1, 0.15) is 30.4 Å². The molecule has 0 bridgehead atoms. The van der Waals surface area contributed by atoms with Gasteiger partial charge in [0.15, 0.2) is 0 Å². The third-order valence-corrected chi connectivity index (χ3v) is 6.24. The Labute approximate surface area is 167 Å². The summed E-state index contributed by atoms with van der Waals surface area (Å²) in [6.07, 6.45) is 4.85. The van der Waals surface area contributed by atoms with Crippen molar-refractivity contribution in [2.24, 2.45) is 5.92 Å². The van der Waals surface area contributed by atoms with Gasteiger partial charge in [0.05, 0.1) is 6.04 Å². The summed E-state index contributed by atoms with van der Waals surface area (Å²) in [6.45, 7) is 2.68. The fourth-order valence-electron chi connectivity index (χ4n) is 4.70. The van der Waals surface area contributed by atoms with Crippen LogP contribution in [0.5, 0.6) is 0 Å². The van der Waals surface area contributed by atoms with E-state index in [0.29, 0.717) is 18.9 Å². The maximum absolute atomic E-state index is 13.3. The highest BCUT2D eigenvalue weighted by atomic mass is 16.3. The second-order valence-corrected chi connectivity index (χ2v) is 8.08. The molecule has 1 fully saturated rings. The third-order valence-electron chi connectivity index (χ3n) is 6.24. The van der Waals surface area contributed by atoms with Crippen LogP contribution in [0.15, 0.2) is 54.6 Å². The van der Waals surface area contributed by atoms with Gasteiger partial charge in [-0.1, -0.05) is 48.5 Å². The molecule has 1 atom stereocenters. The van der Waals surface area contributed by atoms with Gasteiger partial charge in [-0.25, -0.2) is 0 Å². The van der Waals surface area contributed by atoms with Crippen LogP contribution in [0.25, 0.3) is 0 Å². The van der Waals surface area contributed by atoms with Gasteiger partial charge < -0.3 is 10.0 Å². The molecule has 1 saturated heterocycles. The summed E-state index contributed by atoms with van der Waals surface area (Å²) >= 11 is 0. The lowest BCUT2D eigenvalue weighted by Crippen LogP contribution is -2.55. The van der Waals surface area contributed by atoms with E-state index in [2.05, 4.69) is 47.4 Å². The van der Waals surface area contributed by atoms with E-state index in [9.17, 15) is 9.90 Å². The van der Waals surface area contributed by atoms with E-state index in [0.717, 1.165) is 44.5 Å². The molecule has 2 aliphatic heterocycles. The average Bonchev–Trinajstić information content (AvgIpc) is 2.74. The lowest BCUT2D eigenvalue weighted by Gasteiger charge is -2.42. The molecule has 1 unspecified atom stereocenters. The number of anilines is 1. The molecule has 4 rings (SSSR count). The normalized spacial score (nSPS) is 21.0. The molecule has 1 N–H and O–H groups in total. The second kappa shape index (κ2) is 8.89. The van der Waals surface area contributed by atoms with Gasteiger partial charge in [-0.2, -0.15) is 0 Å². The van der Waals surface area contributed by atoms with Crippen molar-refractivity contribution >= 4 is 11.6 Å². The van der Waals surface area contributed by atoms with Crippen molar-refractivity contribution < 1.29 is 9.90 Å². The Kier molecular flexibility index (Phi) is 6.08. The van der Waals surface area contributed by atoms with E-state index < -0.39 is 0 Å². The minimum Gasteiger partial charge on any atom is -0.396 e. The minimum atomic E-state index is -0.0636. The maximum Gasteiger partial charge on any atom is 0.244 e. The van der Waals surface area contributed by atoms with Crippen molar-refractivity contribution in [3.05, 3.63) is 65.7 Å². The second-order valence-electron chi connectivity index (χ2n) is 8.08. The summed E-state index contributed by atoms with van der Waals surface area (Å²) < 4.78 is 0. The molecule has 0 radical (unpaired) electrons. The quantitative estimate of drug-likeness (QED) is 0.839. The van der Waals surface area contributed by atoms with E-state index in [-0.39, 0.29) is 18.6 Å². The summed E-state index contributed by atoms with van der Waals surface area (Å²) in [4.78, 5) is 17.6. The monoisotopic (exact) mass is 378 g/mol. The Balaban J connectivity index is 1.42. The number of hydrogen-bond acceptors (Lipinski definition) is 3. The number of rotatable bonds is 6. The molecule has 0 saturated carbocycles. The molecule has 4 heteroatoms. The predicted octanol–water partition coefficient (Wildman–Crippen LogP) is 3.28. The van der Waals surface area contributed by atoms with Crippen molar-refractivity contribution in [1.29, 1.82) is 0 Å². The van der Waals surface area contributed by atoms with Crippen molar-refractivity contribution in [2.45, 2.75) is 38.1 Å².